The second kappa shape index (κ2) is 7.05. The molecule has 0 saturated carbocycles. The van der Waals surface area contributed by atoms with E-state index in [4.69, 9.17) is 5.26 Å². The Labute approximate surface area is 135 Å². The number of nitrogens with zero attached hydrogens (tertiary/aromatic N) is 1. The summed E-state index contributed by atoms with van der Waals surface area (Å²) in [6.07, 6.45) is 0. The number of carbonyl (C=O) groups excluding carboxylic acids is 1. The molecular formula is C16H12BrFN2O2. The van der Waals surface area contributed by atoms with E-state index in [-0.39, 0.29) is 6.54 Å². The Morgan fingerprint density at radius 1 is 1.36 bits per heavy atom. The van der Waals surface area contributed by atoms with Gasteiger partial charge in [0.05, 0.1) is 24.3 Å². The maximum absolute atomic E-state index is 13.8. The molecule has 0 bridgehead atoms. The van der Waals surface area contributed by atoms with Crippen molar-refractivity contribution in [2.45, 2.75) is 6.54 Å². The molecule has 4 nitrogen and oxygen atoms in total. The number of hydrogen-bond acceptors (Lipinski definition) is 4. The molecule has 112 valence electrons. The Morgan fingerprint density at radius 3 is 2.77 bits per heavy atom. The van der Waals surface area contributed by atoms with Gasteiger partial charge >= 0.3 is 5.97 Å². The van der Waals surface area contributed by atoms with Crippen LogP contribution in [0.25, 0.3) is 0 Å². The van der Waals surface area contributed by atoms with Crippen LogP contribution in [0.5, 0.6) is 0 Å². The molecule has 0 aromatic heterocycles. The smallest absolute Gasteiger partial charge is 0.337 e. The van der Waals surface area contributed by atoms with E-state index in [0.29, 0.717) is 21.2 Å². The van der Waals surface area contributed by atoms with E-state index >= 15 is 0 Å². The second-order valence-corrected chi connectivity index (χ2v) is 5.31. The van der Waals surface area contributed by atoms with E-state index in [9.17, 15) is 9.18 Å². The van der Waals surface area contributed by atoms with Crippen LogP contribution >= 0.6 is 15.9 Å². The van der Waals surface area contributed by atoms with Gasteiger partial charge in [0.2, 0.25) is 0 Å². The lowest BCUT2D eigenvalue weighted by atomic mass is 10.1. The van der Waals surface area contributed by atoms with E-state index in [1.54, 1.807) is 18.2 Å². The topological polar surface area (TPSA) is 62.1 Å². The van der Waals surface area contributed by atoms with E-state index < -0.39 is 11.8 Å². The monoisotopic (exact) mass is 362 g/mol. The first-order valence-electron chi connectivity index (χ1n) is 6.35. The molecule has 0 heterocycles. The maximum atomic E-state index is 13.8. The molecule has 0 aliphatic carbocycles. The molecule has 0 unspecified atom stereocenters. The number of halogens is 2. The molecule has 0 saturated heterocycles. The Morgan fingerprint density at radius 2 is 2.14 bits per heavy atom. The van der Waals surface area contributed by atoms with Crippen LogP contribution in [-0.2, 0) is 11.3 Å². The average Bonchev–Trinajstić information content (AvgIpc) is 2.54. The Balaban J connectivity index is 2.18. The summed E-state index contributed by atoms with van der Waals surface area (Å²) in [5.74, 6) is -0.925. The van der Waals surface area contributed by atoms with Gasteiger partial charge in [0.25, 0.3) is 0 Å². The van der Waals surface area contributed by atoms with Gasteiger partial charge in [0.15, 0.2) is 0 Å². The predicted molar refractivity (Wildman–Crippen MR) is 83.9 cm³/mol. The lowest BCUT2D eigenvalue weighted by Gasteiger charge is -2.10. The van der Waals surface area contributed by atoms with Crippen LogP contribution in [0.4, 0.5) is 10.1 Å². The molecule has 0 amide bonds. The molecule has 0 aliphatic rings. The van der Waals surface area contributed by atoms with Crippen LogP contribution in [0.3, 0.4) is 0 Å². The van der Waals surface area contributed by atoms with Crippen molar-refractivity contribution < 1.29 is 13.9 Å². The number of anilines is 1. The van der Waals surface area contributed by atoms with Crippen molar-refractivity contribution in [1.29, 1.82) is 5.26 Å². The number of hydrogen-bond donors (Lipinski definition) is 1. The summed E-state index contributed by atoms with van der Waals surface area (Å²) in [5, 5.41) is 11.9. The van der Waals surface area contributed by atoms with Gasteiger partial charge < -0.3 is 10.1 Å². The Kier molecular flexibility index (Phi) is 5.12. The molecule has 22 heavy (non-hydrogen) atoms. The summed E-state index contributed by atoms with van der Waals surface area (Å²) in [7, 11) is 1.28. The summed E-state index contributed by atoms with van der Waals surface area (Å²) in [6.45, 7) is 0.196. The molecule has 0 aliphatic heterocycles. The number of esters is 1. The summed E-state index contributed by atoms with van der Waals surface area (Å²) in [6, 6.07) is 11.2. The van der Waals surface area contributed by atoms with Gasteiger partial charge in [0.1, 0.15) is 5.82 Å². The number of rotatable bonds is 4. The predicted octanol–water partition coefficient (Wildman–Crippen LogP) is 3.86. The van der Waals surface area contributed by atoms with Crippen LogP contribution in [0.15, 0.2) is 40.9 Å². The third-order valence-corrected chi connectivity index (χ3v) is 3.69. The summed E-state index contributed by atoms with van der Waals surface area (Å²) >= 11 is 3.35. The van der Waals surface area contributed by atoms with E-state index in [0.717, 1.165) is 5.69 Å². The first-order valence-corrected chi connectivity index (χ1v) is 7.14. The highest BCUT2D eigenvalue weighted by Crippen LogP contribution is 2.24. The molecule has 6 heteroatoms. The molecule has 2 rings (SSSR count). The SMILES string of the molecule is COC(=O)c1ccc(F)c(CNc2ccc(C#N)cc2Br)c1. The van der Waals surface area contributed by atoms with Crippen LogP contribution in [-0.4, -0.2) is 13.1 Å². The van der Waals surface area contributed by atoms with Crippen LogP contribution in [0, 0.1) is 17.1 Å². The lowest BCUT2D eigenvalue weighted by molar-refractivity contribution is 0.0600. The third-order valence-electron chi connectivity index (χ3n) is 3.03. The van der Waals surface area contributed by atoms with Gasteiger partial charge in [0, 0.05) is 22.3 Å². The molecule has 2 aromatic carbocycles. The van der Waals surface area contributed by atoms with Crippen LogP contribution < -0.4 is 5.32 Å². The minimum absolute atomic E-state index is 0.196. The molecule has 1 N–H and O–H groups in total. The van der Waals surface area contributed by atoms with Crippen molar-refractivity contribution >= 4 is 27.6 Å². The summed E-state index contributed by atoms with van der Waals surface area (Å²) in [4.78, 5) is 11.5. The third kappa shape index (κ3) is 3.62. The standard InChI is InChI=1S/C16H12BrFN2O2/c1-22-16(21)11-3-4-14(18)12(7-11)9-20-15-5-2-10(8-19)6-13(15)17/h2-7,20H,9H2,1H3. The van der Waals surface area contributed by atoms with E-state index in [1.807, 2.05) is 6.07 Å². The van der Waals surface area contributed by atoms with Crippen molar-refractivity contribution in [2.24, 2.45) is 0 Å². The van der Waals surface area contributed by atoms with Crippen LogP contribution in [0.1, 0.15) is 21.5 Å². The van der Waals surface area contributed by atoms with Crippen molar-refractivity contribution in [3.8, 4) is 6.07 Å². The van der Waals surface area contributed by atoms with Crippen molar-refractivity contribution in [2.75, 3.05) is 12.4 Å². The van der Waals surface area contributed by atoms with Gasteiger partial charge in [-0.15, -0.1) is 0 Å². The van der Waals surface area contributed by atoms with Gasteiger partial charge in [-0.3, -0.25) is 0 Å². The fraction of sp³-hybridized carbons (Fsp3) is 0.125. The fourth-order valence-electron chi connectivity index (χ4n) is 1.87. The number of ether oxygens (including phenoxy) is 1. The molecule has 0 radical (unpaired) electrons. The summed E-state index contributed by atoms with van der Waals surface area (Å²) < 4.78 is 19.1. The Bertz CT molecular complexity index is 756. The highest BCUT2D eigenvalue weighted by molar-refractivity contribution is 9.10. The minimum atomic E-state index is -0.513. The number of benzene rings is 2. The molecule has 2 aromatic rings. The molecule has 0 spiro atoms. The zero-order valence-electron chi connectivity index (χ0n) is 11.7. The van der Waals surface area contributed by atoms with Crippen LogP contribution in [0.2, 0.25) is 0 Å². The van der Waals surface area contributed by atoms with Crippen molar-refractivity contribution in [1.82, 2.24) is 0 Å². The lowest BCUT2D eigenvalue weighted by Crippen LogP contribution is -2.06. The quantitative estimate of drug-likeness (QED) is 0.838. The average molecular weight is 363 g/mol. The highest BCUT2D eigenvalue weighted by atomic mass is 79.9. The van der Waals surface area contributed by atoms with Gasteiger partial charge in [-0.1, -0.05) is 0 Å². The zero-order chi connectivity index (χ0) is 16.1. The van der Waals surface area contributed by atoms with E-state index in [1.165, 1.54) is 25.3 Å². The van der Waals surface area contributed by atoms with Gasteiger partial charge in [-0.05, 0) is 52.3 Å². The van der Waals surface area contributed by atoms with Crippen molar-refractivity contribution in [3.05, 3.63) is 63.4 Å². The second-order valence-electron chi connectivity index (χ2n) is 4.46. The zero-order valence-corrected chi connectivity index (χ0v) is 13.3. The number of methoxy groups -OCH3 is 1. The Hall–Kier alpha value is -2.39. The number of nitriles is 1. The maximum Gasteiger partial charge on any atom is 0.337 e. The molecule has 0 fully saturated rings. The first kappa shape index (κ1) is 16.0. The number of nitrogens with one attached hydrogen (secondary N) is 1. The largest absolute Gasteiger partial charge is 0.465 e. The van der Waals surface area contributed by atoms with Gasteiger partial charge in [-0.2, -0.15) is 5.26 Å². The first-order chi connectivity index (χ1) is 10.5. The van der Waals surface area contributed by atoms with Gasteiger partial charge in [-0.25, -0.2) is 9.18 Å². The normalized spacial score (nSPS) is 9.91. The molecule has 0 atom stereocenters. The van der Waals surface area contributed by atoms with Crippen molar-refractivity contribution in [3.63, 3.8) is 0 Å². The molecular weight excluding hydrogens is 351 g/mol. The fourth-order valence-corrected chi connectivity index (χ4v) is 2.39. The highest BCUT2D eigenvalue weighted by Gasteiger charge is 2.10. The van der Waals surface area contributed by atoms with E-state index in [2.05, 4.69) is 26.0 Å². The number of carbonyl (C=O) groups is 1. The minimum Gasteiger partial charge on any atom is -0.465 e. The summed E-state index contributed by atoms with van der Waals surface area (Å²) in [5.41, 5.74) is 1.89.